The summed E-state index contributed by atoms with van der Waals surface area (Å²) in [6, 6.07) is 4.98. The highest BCUT2D eigenvalue weighted by Gasteiger charge is 2.23. The van der Waals surface area contributed by atoms with Gasteiger partial charge in [-0.15, -0.1) is 0 Å². The van der Waals surface area contributed by atoms with Gasteiger partial charge in [-0.25, -0.2) is 13.2 Å². The molecule has 0 bridgehead atoms. The fraction of sp³-hybridized carbons (Fsp3) is 0.400. The number of carbonyl (C=O) groups excluding carboxylic acids is 2. The van der Waals surface area contributed by atoms with Crippen molar-refractivity contribution in [2.75, 3.05) is 22.4 Å². The Morgan fingerprint density at radius 2 is 1.72 bits per heavy atom. The third-order valence-corrected chi connectivity index (χ3v) is 5.94. The third-order valence-electron chi connectivity index (χ3n) is 4.46. The number of ether oxygens (including phenoxy) is 1. The Morgan fingerprint density at radius 1 is 1.07 bits per heavy atom. The van der Waals surface area contributed by atoms with Crippen molar-refractivity contribution in [3.63, 3.8) is 0 Å². The molecule has 0 saturated carbocycles. The molecule has 3 N–H and O–H groups in total. The van der Waals surface area contributed by atoms with Crippen LogP contribution < -0.4 is 10.0 Å². The van der Waals surface area contributed by atoms with E-state index in [-0.39, 0.29) is 18.1 Å². The molecule has 158 valence electrons. The number of aromatic nitrogens is 1. The molecule has 9 heteroatoms. The second-order valence-electron chi connectivity index (χ2n) is 6.70. The number of nitrogens with one attached hydrogen (secondary N) is 3. The zero-order valence-corrected chi connectivity index (χ0v) is 18.1. The van der Waals surface area contributed by atoms with Gasteiger partial charge in [-0.05, 0) is 57.4 Å². The fourth-order valence-electron chi connectivity index (χ4n) is 3.04. The average molecular weight is 422 g/mol. The van der Waals surface area contributed by atoms with Crippen LogP contribution in [0.5, 0.6) is 0 Å². The molecule has 1 aromatic carbocycles. The Kier molecular flexibility index (Phi) is 7.07. The lowest BCUT2D eigenvalue weighted by atomic mass is 10.1. The van der Waals surface area contributed by atoms with Crippen LogP contribution in [0.1, 0.15) is 57.9 Å². The highest BCUT2D eigenvalue weighted by atomic mass is 32.2. The number of anilines is 2. The fourth-order valence-corrected chi connectivity index (χ4v) is 4.24. The SMILES string of the molecule is CCCS(=O)(=O)Nc1cccc(NC(=O)c2[nH]c(C)c(C(=O)OCC)c2C)c1C. The van der Waals surface area contributed by atoms with Crippen LogP contribution in [0, 0.1) is 20.8 Å². The second-order valence-corrected chi connectivity index (χ2v) is 8.54. The van der Waals surface area contributed by atoms with Crippen molar-refractivity contribution >= 4 is 33.3 Å². The van der Waals surface area contributed by atoms with Crippen LogP contribution in [0.15, 0.2) is 18.2 Å². The summed E-state index contributed by atoms with van der Waals surface area (Å²) < 4.78 is 31.7. The summed E-state index contributed by atoms with van der Waals surface area (Å²) in [6.45, 7) is 8.83. The summed E-state index contributed by atoms with van der Waals surface area (Å²) in [5, 5.41) is 2.78. The molecule has 0 radical (unpaired) electrons. The lowest BCUT2D eigenvalue weighted by Gasteiger charge is -2.14. The number of benzene rings is 1. The first-order chi connectivity index (χ1) is 13.6. The van der Waals surface area contributed by atoms with Crippen molar-refractivity contribution < 1.29 is 22.7 Å². The molecule has 1 amide bonds. The third kappa shape index (κ3) is 5.17. The van der Waals surface area contributed by atoms with E-state index in [1.54, 1.807) is 52.8 Å². The van der Waals surface area contributed by atoms with Gasteiger partial charge in [-0.2, -0.15) is 0 Å². The van der Waals surface area contributed by atoms with E-state index in [4.69, 9.17) is 4.74 Å². The molecule has 0 aliphatic heterocycles. The summed E-state index contributed by atoms with van der Waals surface area (Å²) in [6.07, 6.45) is 0.499. The quantitative estimate of drug-likeness (QED) is 0.564. The zero-order valence-electron chi connectivity index (χ0n) is 17.3. The number of carbonyl (C=O) groups is 2. The number of sulfonamides is 1. The summed E-state index contributed by atoms with van der Waals surface area (Å²) in [4.78, 5) is 27.9. The van der Waals surface area contributed by atoms with Gasteiger partial charge < -0.3 is 15.0 Å². The molecule has 2 rings (SSSR count). The number of aryl methyl sites for hydroxylation is 1. The Balaban J connectivity index is 2.29. The van der Waals surface area contributed by atoms with E-state index in [1.807, 2.05) is 0 Å². The number of hydrogen-bond donors (Lipinski definition) is 3. The summed E-state index contributed by atoms with van der Waals surface area (Å²) in [5.74, 6) is -0.903. The van der Waals surface area contributed by atoms with Gasteiger partial charge in [-0.3, -0.25) is 9.52 Å². The van der Waals surface area contributed by atoms with E-state index in [2.05, 4.69) is 15.0 Å². The van der Waals surface area contributed by atoms with Gasteiger partial charge in [0.15, 0.2) is 0 Å². The van der Waals surface area contributed by atoms with Gasteiger partial charge in [0.05, 0.1) is 23.6 Å². The lowest BCUT2D eigenvalue weighted by Crippen LogP contribution is -2.18. The van der Waals surface area contributed by atoms with E-state index >= 15 is 0 Å². The highest BCUT2D eigenvalue weighted by Crippen LogP contribution is 2.26. The maximum absolute atomic E-state index is 12.8. The number of rotatable bonds is 8. The topological polar surface area (TPSA) is 117 Å². The maximum atomic E-state index is 12.8. The minimum Gasteiger partial charge on any atom is -0.462 e. The van der Waals surface area contributed by atoms with Gasteiger partial charge in [0.2, 0.25) is 10.0 Å². The molecule has 0 aliphatic carbocycles. The minimum atomic E-state index is -3.45. The molecule has 8 nitrogen and oxygen atoms in total. The van der Waals surface area contributed by atoms with Gasteiger partial charge >= 0.3 is 5.97 Å². The molecular weight excluding hydrogens is 394 g/mol. The van der Waals surface area contributed by atoms with Crippen molar-refractivity contribution in [1.29, 1.82) is 0 Å². The molecule has 0 spiro atoms. The van der Waals surface area contributed by atoms with Gasteiger partial charge in [0, 0.05) is 11.4 Å². The Bertz CT molecular complexity index is 1020. The van der Waals surface area contributed by atoms with E-state index in [0.29, 0.717) is 40.2 Å². The van der Waals surface area contributed by atoms with Crippen molar-refractivity contribution in [2.45, 2.75) is 41.0 Å². The summed E-state index contributed by atoms with van der Waals surface area (Å²) in [7, 11) is -3.45. The summed E-state index contributed by atoms with van der Waals surface area (Å²) in [5.41, 5.74) is 3.10. The van der Waals surface area contributed by atoms with Crippen molar-refractivity contribution in [3.05, 3.63) is 46.3 Å². The first-order valence-corrected chi connectivity index (χ1v) is 11.0. The van der Waals surface area contributed by atoms with E-state index < -0.39 is 21.9 Å². The van der Waals surface area contributed by atoms with Gasteiger partial charge in [0.25, 0.3) is 5.91 Å². The Labute approximate surface area is 171 Å². The van der Waals surface area contributed by atoms with Crippen LogP contribution in [0.3, 0.4) is 0 Å². The van der Waals surface area contributed by atoms with Crippen LogP contribution >= 0.6 is 0 Å². The predicted molar refractivity (Wildman–Crippen MR) is 113 cm³/mol. The summed E-state index contributed by atoms with van der Waals surface area (Å²) >= 11 is 0. The first kappa shape index (κ1) is 22.5. The van der Waals surface area contributed by atoms with Crippen LogP contribution in [0.2, 0.25) is 0 Å². The van der Waals surface area contributed by atoms with Crippen LogP contribution in [-0.4, -0.2) is 37.6 Å². The lowest BCUT2D eigenvalue weighted by molar-refractivity contribution is 0.0525. The van der Waals surface area contributed by atoms with E-state index in [0.717, 1.165) is 0 Å². The number of aromatic amines is 1. The molecule has 0 unspecified atom stereocenters. The zero-order chi connectivity index (χ0) is 21.8. The van der Waals surface area contributed by atoms with Crippen molar-refractivity contribution in [3.8, 4) is 0 Å². The number of H-pyrrole nitrogens is 1. The number of hydrogen-bond acceptors (Lipinski definition) is 5. The monoisotopic (exact) mass is 421 g/mol. The molecule has 0 aliphatic rings. The Hall–Kier alpha value is -2.81. The molecule has 0 saturated heterocycles. The van der Waals surface area contributed by atoms with Crippen molar-refractivity contribution in [1.82, 2.24) is 4.98 Å². The standard InChI is InChI=1S/C20H27N3O5S/c1-6-11-29(26,27)23-16-10-8-9-15(12(16)3)22-19(24)18-13(4)17(14(5)21-18)20(25)28-7-2/h8-10,21,23H,6-7,11H2,1-5H3,(H,22,24). The van der Waals surface area contributed by atoms with Crippen LogP contribution in [0.4, 0.5) is 11.4 Å². The normalized spacial score (nSPS) is 11.2. The van der Waals surface area contributed by atoms with E-state index in [9.17, 15) is 18.0 Å². The molecule has 29 heavy (non-hydrogen) atoms. The molecule has 1 aromatic heterocycles. The van der Waals surface area contributed by atoms with Crippen LogP contribution in [-0.2, 0) is 14.8 Å². The first-order valence-electron chi connectivity index (χ1n) is 9.39. The molecule has 0 fully saturated rings. The van der Waals surface area contributed by atoms with Gasteiger partial charge in [0.1, 0.15) is 5.69 Å². The molecular formula is C20H27N3O5S. The molecule has 1 heterocycles. The minimum absolute atomic E-state index is 0.0145. The smallest absolute Gasteiger partial charge is 0.340 e. The maximum Gasteiger partial charge on any atom is 0.340 e. The second kappa shape index (κ2) is 9.13. The highest BCUT2D eigenvalue weighted by molar-refractivity contribution is 7.92. The predicted octanol–water partition coefficient (Wildman–Crippen LogP) is 3.52. The average Bonchev–Trinajstić information content (AvgIpc) is 2.93. The molecule has 0 atom stereocenters. The molecule has 2 aromatic rings. The van der Waals surface area contributed by atoms with E-state index in [1.165, 1.54) is 0 Å². The van der Waals surface area contributed by atoms with Crippen LogP contribution in [0.25, 0.3) is 0 Å². The Morgan fingerprint density at radius 3 is 2.34 bits per heavy atom. The van der Waals surface area contributed by atoms with Crippen molar-refractivity contribution in [2.24, 2.45) is 0 Å². The van der Waals surface area contributed by atoms with Gasteiger partial charge in [-0.1, -0.05) is 13.0 Å². The largest absolute Gasteiger partial charge is 0.462 e. The number of esters is 1. The number of amides is 1.